The minimum Gasteiger partial charge on any atom is -0.488 e. The summed E-state index contributed by atoms with van der Waals surface area (Å²) in [4.78, 5) is 73.4. The van der Waals surface area contributed by atoms with E-state index in [-0.39, 0.29) is 47.6 Å². The summed E-state index contributed by atoms with van der Waals surface area (Å²) >= 11 is 0. The van der Waals surface area contributed by atoms with Crippen molar-refractivity contribution in [3.8, 4) is 28.1 Å². The quantitative estimate of drug-likeness (QED) is 0.0913. The van der Waals surface area contributed by atoms with E-state index < -0.39 is 24.3 Å². The van der Waals surface area contributed by atoms with Crippen LogP contribution >= 0.6 is 0 Å². The molecule has 3 aliphatic rings. The fraction of sp³-hybridized carbons (Fsp3) is 0.500. The van der Waals surface area contributed by atoms with Gasteiger partial charge in [-0.3, -0.25) is 9.59 Å². The number of hydrogen-bond donors (Lipinski definition) is 4. The van der Waals surface area contributed by atoms with Crippen molar-refractivity contribution < 1.29 is 38.1 Å². The van der Waals surface area contributed by atoms with Gasteiger partial charge >= 0.3 is 12.2 Å². The molecule has 2 aromatic heterocycles. The van der Waals surface area contributed by atoms with Crippen molar-refractivity contribution in [1.29, 1.82) is 0 Å². The third-order valence-corrected chi connectivity index (χ3v) is 13.7. The lowest BCUT2D eigenvalue weighted by Crippen LogP contribution is -2.51. The van der Waals surface area contributed by atoms with Gasteiger partial charge in [0.1, 0.15) is 36.1 Å². The third-order valence-electron chi connectivity index (χ3n) is 13.7. The van der Waals surface area contributed by atoms with E-state index in [2.05, 4.69) is 63.9 Å². The number of aromatic amines is 2. The Bertz CT molecular complexity index is 2550. The van der Waals surface area contributed by atoms with Gasteiger partial charge in [0.05, 0.1) is 55.8 Å². The Morgan fingerprint density at radius 1 is 0.828 bits per heavy atom. The summed E-state index contributed by atoms with van der Waals surface area (Å²) in [5.41, 5.74) is 6.53. The van der Waals surface area contributed by atoms with Crippen LogP contribution in [-0.2, 0) is 30.4 Å². The van der Waals surface area contributed by atoms with E-state index in [0.29, 0.717) is 50.8 Å². The van der Waals surface area contributed by atoms with Crippen molar-refractivity contribution in [3.63, 3.8) is 0 Å². The molecule has 5 heterocycles. The van der Waals surface area contributed by atoms with Crippen molar-refractivity contribution >= 4 is 45.8 Å². The van der Waals surface area contributed by atoms with Crippen LogP contribution in [0.1, 0.15) is 89.6 Å². The van der Waals surface area contributed by atoms with E-state index in [0.717, 1.165) is 68.3 Å². The highest BCUT2D eigenvalue weighted by Crippen LogP contribution is 2.44. The number of H-pyrrole nitrogens is 2. The number of nitrogens with zero attached hydrogens (tertiary/aromatic N) is 4. The number of carbonyl (C=O) groups excluding carboxylic acids is 4. The predicted molar refractivity (Wildman–Crippen MR) is 241 cm³/mol. The Morgan fingerprint density at radius 3 is 2.16 bits per heavy atom. The van der Waals surface area contributed by atoms with Gasteiger partial charge in [-0.2, -0.15) is 0 Å². The summed E-state index contributed by atoms with van der Waals surface area (Å²) in [5.74, 6) is 2.01. The average Bonchev–Trinajstić information content (AvgIpc) is 4.14. The Balaban J connectivity index is 1.05. The van der Waals surface area contributed by atoms with Crippen molar-refractivity contribution in [2.75, 3.05) is 41.0 Å². The lowest BCUT2D eigenvalue weighted by molar-refractivity contribution is -0.136. The molecular weight excluding hydrogens is 817 g/mol. The second-order valence-electron chi connectivity index (χ2n) is 17.9. The van der Waals surface area contributed by atoms with Crippen molar-refractivity contribution in [3.05, 3.63) is 65.9 Å². The maximum atomic E-state index is 14.2. The van der Waals surface area contributed by atoms with Gasteiger partial charge < -0.3 is 49.3 Å². The maximum Gasteiger partial charge on any atom is 0.407 e. The van der Waals surface area contributed by atoms with E-state index in [1.54, 1.807) is 7.11 Å². The summed E-state index contributed by atoms with van der Waals surface area (Å²) in [6.07, 6.45) is 3.38. The molecule has 2 saturated heterocycles. The highest BCUT2D eigenvalue weighted by atomic mass is 16.5. The van der Waals surface area contributed by atoms with Crippen LogP contribution in [0, 0.1) is 23.7 Å². The first-order valence-electron chi connectivity index (χ1n) is 22.4. The van der Waals surface area contributed by atoms with Gasteiger partial charge in [0.2, 0.25) is 11.8 Å². The normalized spacial score (nSPS) is 21.1. The van der Waals surface area contributed by atoms with Crippen LogP contribution in [0.5, 0.6) is 5.75 Å². The summed E-state index contributed by atoms with van der Waals surface area (Å²) in [7, 11) is 4.26. The summed E-state index contributed by atoms with van der Waals surface area (Å²) in [5, 5.41) is 7.53. The van der Waals surface area contributed by atoms with Crippen LogP contribution in [0.2, 0.25) is 0 Å². The van der Waals surface area contributed by atoms with Gasteiger partial charge in [-0.05, 0) is 76.9 Å². The molecule has 4 amide bonds. The van der Waals surface area contributed by atoms with E-state index in [1.807, 2.05) is 49.8 Å². The lowest BCUT2D eigenvalue weighted by atomic mass is 9.92. The van der Waals surface area contributed by atoms with Crippen molar-refractivity contribution in [1.82, 2.24) is 40.4 Å². The SMILES string of the molecule is CCC(C)[C@H](NC(=O)OC)C(=O)N1C[C@@H](COC)C[C@H]1c1nc2ccc3cc4c(cc3c2[nH]1)OCc1cc(-c2cnc([C@@H]3C[C@H](C)CN3C(=O)[C@@H](NC(=O)OC)[C@@H](C)CC)[nH]2)ccc1-4. The minimum absolute atomic E-state index is 0.0791. The predicted octanol–water partition coefficient (Wildman–Crippen LogP) is 7.65. The highest BCUT2D eigenvalue weighted by Gasteiger charge is 2.43. The van der Waals surface area contributed by atoms with Crippen LogP contribution in [-0.4, -0.2) is 107 Å². The average molecular weight is 877 g/mol. The molecule has 0 bridgehead atoms. The number of amides is 4. The Morgan fingerprint density at radius 2 is 1.50 bits per heavy atom. The number of likely N-dealkylation sites (tertiary alicyclic amines) is 2. The zero-order valence-corrected chi connectivity index (χ0v) is 37.9. The number of carbonyl (C=O) groups is 4. The van der Waals surface area contributed by atoms with Crippen molar-refractivity contribution in [2.24, 2.45) is 23.7 Å². The van der Waals surface area contributed by atoms with E-state index in [1.165, 1.54) is 14.2 Å². The van der Waals surface area contributed by atoms with Gasteiger partial charge in [0, 0.05) is 37.1 Å². The first-order valence-corrected chi connectivity index (χ1v) is 22.4. The van der Waals surface area contributed by atoms with Crippen LogP contribution in [0.3, 0.4) is 0 Å². The van der Waals surface area contributed by atoms with E-state index >= 15 is 0 Å². The van der Waals surface area contributed by atoms with Gasteiger partial charge in [0.15, 0.2) is 0 Å². The van der Waals surface area contributed by atoms with Gasteiger partial charge in [0.25, 0.3) is 0 Å². The molecule has 0 saturated carbocycles. The number of alkyl carbamates (subject to hydrolysis) is 2. The molecular formula is C48H60N8O8. The van der Waals surface area contributed by atoms with Gasteiger partial charge in [-0.1, -0.05) is 65.7 Å². The van der Waals surface area contributed by atoms with Crippen LogP contribution < -0.4 is 15.4 Å². The standard InChI is InChI=1S/C48H60N8O8/c1-9-26(4)40(53-47(59)62-7)45(57)55-21-25(3)15-37(55)43-49-20-36(51-43)30-11-13-32-31(17-30)24-64-39-19-33-29(18-34(32)39)12-14-35-42(33)52-44(50-35)38-16-28(23-61-6)22-56(38)46(58)41(27(5)10-2)54-48(60)63-8/h11-14,17-20,25-28,37-38,40-41H,9-10,15-16,21-24H2,1-8H3,(H,49,51)(H,50,52)(H,53,59)(H,54,60)/t25-,26-,27?,28-,37-,38-,40-,41-/m0/s1. The minimum atomic E-state index is -0.748. The Kier molecular flexibility index (Phi) is 12.9. The highest BCUT2D eigenvalue weighted by molar-refractivity contribution is 6.07. The molecule has 16 nitrogen and oxygen atoms in total. The number of aromatic nitrogens is 4. The van der Waals surface area contributed by atoms with Crippen LogP contribution in [0.4, 0.5) is 9.59 Å². The first-order chi connectivity index (χ1) is 30.8. The molecule has 2 fully saturated rings. The molecule has 3 aliphatic heterocycles. The summed E-state index contributed by atoms with van der Waals surface area (Å²) in [6.45, 7) is 11.9. The maximum absolute atomic E-state index is 14.2. The molecule has 16 heteroatoms. The van der Waals surface area contributed by atoms with Crippen LogP contribution in [0.15, 0.2) is 48.7 Å². The fourth-order valence-electron chi connectivity index (χ4n) is 9.72. The number of benzene rings is 3. The molecule has 8 atom stereocenters. The topological polar surface area (TPSA) is 193 Å². The second-order valence-corrected chi connectivity index (χ2v) is 17.9. The fourth-order valence-corrected chi connectivity index (χ4v) is 9.72. The number of ether oxygens (including phenoxy) is 4. The zero-order chi connectivity index (χ0) is 45.4. The number of hydrogen-bond acceptors (Lipinski definition) is 10. The molecule has 4 N–H and O–H groups in total. The van der Waals surface area contributed by atoms with Gasteiger partial charge in [-0.15, -0.1) is 0 Å². The second kappa shape index (κ2) is 18.5. The molecule has 8 rings (SSSR count). The largest absolute Gasteiger partial charge is 0.488 e. The zero-order valence-electron chi connectivity index (χ0n) is 37.9. The molecule has 340 valence electrons. The lowest BCUT2D eigenvalue weighted by Gasteiger charge is -2.30. The number of rotatable bonds is 13. The van der Waals surface area contributed by atoms with Gasteiger partial charge in [-0.25, -0.2) is 19.6 Å². The summed E-state index contributed by atoms with van der Waals surface area (Å²) in [6, 6.07) is 12.6. The van der Waals surface area contributed by atoms with Crippen molar-refractivity contribution in [2.45, 2.75) is 91.1 Å². The molecule has 5 aromatic rings. The molecule has 0 aliphatic carbocycles. The molecule has 3 aromatic carbocycles. The Hall–Kier alpha value is -6.16. The summed E-state index contributed by atoms with van der Waals surface area (Å²) < 4.78 is 21.7. The number of nitrogens with one attached hydrogen (secondary N) is 4. The molecule has 64 heavy (non-hydrogen) atoms. The number of methoxy groups -OCH3 is 3. The smallest absolute Gasteiger partial charge is 0.407 e. The third kappa shape index (κ3) is 8.47. The number of fused-ring (bicyclic) bond motifs is 6. The van der Waals surface area contributed by atoms with Crippen LogP contribution in [0.25, 0.3) is 44.2 Å². The Labute approximate surface area is 373 Å². The van der Waals surface area contributed by atoms with E-state index in [4.69, 9.17) is 28.9 Å². The number of imidazole rings is 2. The monoisotopic (exact) mass is 876 g/mol. The molecule has 1 unspecified atom stereocenters. The first kappa shape index (κ1) is 44.4. The van der Waals surface area contributed by atoms with E-state index in [9.17, 15) is 19.2 Å². The molecule has 0 spiro atoms. The molecule has 0 radical (unpaired) electrons.